The highest BCUT2D eigenvalue weighted by atomic mass is 16.6. The summed E-state index contributed by atoms with van der Waals surface area (Å²) in [5.74, 6) is 0.223. The third kappa shape index (κ3) is 2.25. The monoisotopic (exact) mass is 349 g/mol. The van der Waals surface area contributed by atoms with Crippen LogP contribution in [0.2, 0.25) is 0 Å². The molecule has 0 unspecified atom stereocenters. The zero-order chi connectivity index (χ0) is 18.3. The Bertz CT molecular complexity index is 1170. The second kappa shape index (κ2) is 5.88. The van der Waals surface area contributed by atoms with E-state index in [0.29, 0.717) is 16.6 Å². The molecule has 0 atom stereocenters. The quantitative estimate of drug-likeness (QED) is 0.241. The van der Waals surface area contributed by atoms with Gasteiger partial charge >= 0.3 is 0 Å². The number of oxime groups is 1. The number of hydrogen-bond donors (Lipinski definition) is 0. The number of aromatic nitrogens is 3. The number of pyridine rings is 1. The van der Waals surface area contributed by atoms with E-state index in [2.05, 4.69) is 21.7 Å². The molecule has 0 spiro atoms. The van der Waals surface area contributed by atoms with Crippen molar-refractivity contribution in [2.45, 2.75) is 0 Å². The number of nitro benzene ring substituents is 1. The zero-order valence-corrected chi connectivity index (χ0v) is 13.3. The number of hydrogen-bond acceptors (Lipinski definition) is 7. The lowest BCUT2D eigenvalue weighted by molar-refractivity contribution is -0.384. The molecule has 1 aromatic carbocycles. The summed E-state index contributed by atoms with van der Waals surface area (Å²) in [5, 5.41) is 15.5. The second-order valence-electron chi connectivity index (χ2n) is 5.43. The van der Waals surface area contributed by atoms with Crippen molar-refractivity contribution in [1.29, 1.82) is 0 Å². The molecule has 1 aliphatic rings. The molecule has 3 heterocycles. The van der Waals surface area contributed by atoms with Crippen LogP contribution in [0, 0.1) is 10.1 Å². The van der Waals surface area contributed by atoms with Gasteiger partial charge in [-0.15, -0.1) is 0 Å². The van der Waals surface area contributed by atoms with Crippen molar-refractivity contribution >= 4 is 22.4 Å². The molecule has 0 saturated carbocycles. The number of non-ortho nitro benzene ring substituents is 1. The van der Waals surface area contributed by atoms with Crippen LogP contribution in [-0.2, 0) is 4.84 Å². The Kier molecular flexibility index (Phi) is 3.54. The Morgan fingerprint density at radius 1 is 1.38 bits per heavy atom. The van der Waals surface area contributed by atoms with Crippen LogP contribution in [0.5, 0.6) is 0 Å². The van der Waals surface area contributed by atoms with Crippen molar-refractivity contribution in [2.24, 2.45) is 5.16 Å². The molecule has 0 fully saturated rings. The molecule has 26 heavy (non-hydrogen) atoms. The lowest BCUT2D eigenvalue weighted by Crippen LogP contribution is -2.22. The second-order valence-corrected chi connectivity index (χ2v) is 5.43. The summed E-state index contributed by atoms with van der Waals surface area (Å²) in [6, 6.07) is 7.44. The maximum atomic E-state index is 12.9. The van der Waals surface area contributed by atoms with Crippen molar-refractivity contribution < 1.29 is 9.76 Å². The molecule has 4 rings (SSSR count). The Labute approximate surface area is 146 Å². The third-order valence-corrected chi connectivity index (χ3v) is 3.89. The van der Waals surface area contributed by atoms with Crippen LogP contribution in [-0.4, -0.2) is 31.8 Å². The largest absolute Gasteiger partial charge is 0.391 e. The first-order valence-electron chi connectivity index (χ1n) is 7.60. The van der Waals surface area contributed by atoms with E-state index in [4.69, 9.17) is 4.84 Å². The topological polar surface area (TPSA) is 113 Å². The highest BCUT2D eigenvalue weighted by molar-refractivity contribution is 6.16. The van der Waals surface area contributed by atoms with Crippen LogP contribution in [0.4, 0.5) is 5.69 Å². The fourth-order valence-electron chi connectivity index (χ4n) is 2.79. The molecule has 128 valence electrons. The number of nitrogens with zero attached hydrogens (tertiary/aromatic N) is 5. The van der Waals surface area contributed by atoms with Gasteiger partial charge < -0.3 is 4.84 Å². The summed E-state index contributed by atoms with van der Waals surface area (Å²) in [7, 11) is 0. The fourth-order valence-corrected chi connectivity index (χ4v) is 2.79. The highest BCUT2D eigenvalue weighted by Gasteiger charge is 2.31. The van der Waals surface area contributed by atoms with Crippen LogP contribution in [0.1, 0.15) is 11.4 Å². The smallest absolute Gasteiger partial charge is 0.270 e. The predicted octanol–water partition coefficient (Wildman–Crippen LogP) is 1.96. The van der Waals surface area contributed by atoms with Gasteiger partial charge in [-0.25, -0.2) is 9.97 Å². The Morgan fingerprint density at radius 3 is 3.00 bits per heavy atom. The molecule has 0 amide bonds. The number of rotatable bonds is 4. The van der Waals surface area contributed by atoms with Gasteiger partial charge in [-0.3, -0.25) is 19.5 Å². The summed E-state index contributed by atoms with van der Waals surface area (Å²) >= 11 is 0. The van der Waals surface area contributed by atoms with Crippen molar-refractivity contribution in [3.05, 3.63) is 81.0 Å². The molecular weight excluding hydrogens is 338 g/mol. The number of nitro groups is 1. The van der Waals surface area contributed by atoms with Crippen molar-refractivity contribution in [3.8, 4) is 5.69 Å². The van der Waals surface area contributed by atoms with E-state index in [1.54, 1.807) is 12.1 Å². The Hall–Kier alpha value is -3.88. The zero-order valence-electron chi connectivity index (χ0n) is 13.3. The molecule has 0 N–H and O–H groups in total. The van der Waals surface area contributed by atoms with Gasteiger partial charge in [0.25, 0.3) is 11.2 Å². The minimum Gasteiger partial charge on any atom is -0.391 e. The molecule has 9 heteroatoms. The van der Waals surface area contributed by atoms with Crippen LogP contribution >= 0.6 is 0 Å². The van der Waals surface area contributed by atoms with Gasteiger partial charge in [0.05, 0.1) is 16.0 Å². The molecule has 2 aromatic heterocycles. The fraction of sp³-hybridized carbons (Fsp3) is 0.0588. The van der Waals surface area contributed by atoms with Crippen molar-refractivity contribution in [1.82, 2.24) is 14.5 Å². The number of benzene rings is 1. The van der Waals surface area contributed by atoms with Crippen LogP contribution < -0.4 is 5.56 Å². The molecule has 0 bridgehead atoms. The van der Waals surface area contributed by atoms with Gasteiger partial charge in [0, 0.05) is 23.9 Å². The average Bonchev–Trinajstić information content (AvgIpc) is 2.95. The Balaban J connectivity index is 2.05. The molecule has 0 radical (unpaired) electrons. The molecule has 1 aliphatic heterocycles. The molecule has 0 saturated heterocycles. The first-order chi connectivity index (χ1) is 12.6. The molecule has 9 nitrogen and oxygen atoms in total. The van der Waals surface area contributed by atoms with E-state index in [-0.39, 0.29) is 35.0 Å². The predicted molar refractivity (Wildman–Crippen MR) is 93.6 cm³/mol. The van der Waals surface area contributed by atoms with E-state index in [1.165, 1.54) is 35.0 Å². The molecular formula is C17H11N5O4. The molecule has 3 aromatic rings. The minimum atomic E-state index is -0.514. The van der Waals surface area contributed by atoms with Crippen LogP contribution in [0.15, 0.2) is 59.1 Å². The van der Waals surface area contributed by atoms with Crippen molar-refractivity contribution in [2.75, 3.05) is 6.61 Å². The van der Waals surface area contributed by atoms with Gasteiger partial charge in [0.2, 0.25) is 0 Å². The lowest BCUT2D eigenvalue weighted by Gasteiger charge is -2.05. The standard InChI is InChI=1S/C17H11N5O4/c1-2-8-26-20-14-12-9-10(22(24)25)5-6-13(12)21-16(14)19-15-11(17(21)23)4-3-7-18-15/h2-7,9H,1,8H2. The van der Waals surface area contributed by atoms with E-state index in [0.717, 1.165) is 0 Å². The van der Waals surface area contributed by atoms with Gasteiger partial charge in [-0.1, -0.05) is 17.8 Å². The van der Waals surface area contributed by atoms with E-state index >= 15 is 0 Å². The first kappa shape index (κ1) is 15.6. The summed E-state index contributed by atoms with van der Waals surface area (Å²) in [6.45, 7) is 3.68. The third-order valence-electron chi connectivity index (χ3n) is 3.89. The summed E-state index contributed by atoms with van der Waals surface area (Å²) < 4.78 is 1.36. The lowest BCUT2D eigenvalue weighted by atomic mass is 10.1. The van der Waals surface area contributed by atoms with Gasteiger partial charge in [0.1, 0.15) is 6.61 Å². The van der Waals surface area contributed by atoms with E-state index < -0.39 is 4.92 Å². The number of fused-ring (bicyclic) bond motifs is 4. The van der Waals surface area contributed by atoms with Crippen molar-refractivity contribution in [3.63, 3.8) is 0 Å². The summed E-state index contributed by atoms with van der Waals surface area (Å²) in [6.07, 6.45) is 3.04. The summed E-state index contributed by atoms with van der Waals surface area (Å²) in [4.78, 5) is 37.2. The normalized spacial score (nSPS) is 13.5. The average molecular weight is 349 g/mol. The molecule has 0 aliphatic carbocycles. The Morgan fingerprint density at radius 2 is 2.23 bits per heavy atom. The summed E-state index contributed by atoms with van der Waals surface area (Å²) in [5.41, 5.74) is 0.890. The minimum absolute atomic E-state index is 0.122. The van der Waals surface area contributed by atoms with Gasteiger partial charge in [-0.05, 0) is 18.2 Å². The van der Waals surface area contributed by atoms with Gasteiger partial charge in [0.15, 0.2) is 17.2 Å². The first-order valence-corrected chi connectivity index (χ1v) is 7.60. The van der Waals surface area contributed by atoms with E-state index in [9.17, 15) is 14.9 Å². The van der Waals surface area contributed by atoms with Crippen LogP contribution in [0.3, 0.4) is 0 Å². The van der Waals surface area contributed by atoms with Gasteiger partial charge in [-0.2, -0.15) is 0 Å². The van der Waals surface area contributed by atoms with Crippen LogP contribution in [0.25, 0.3) is 16.7 Å². The highest BCUT2D eigenvalue weighted by Crippen LogP contribution is 2.30. The SMILES string of the molecule is C=CCON=C1c2cc([N+](=O)[O-])ccc2-n2c1nc1ncccc1c2=O. The van der Waals surface area contributed by atoms with E-state index in [1.807, 2.05) is 0 Å². The maximum absolute atomic E-state index is 12.9. The maximum Gasteiger partial charge on any atom is 0.270 e.